The van der Waals surface area contributed by atoms with Gasteiger partial charge in [0.2, 0.25) is 0 Å². The van der Waals surface area contributed by atoms with E-state index in [1.807, 2.05) is 23.1 Å². The van der Waals surface area contributed by atoms with Crippen LogP contribution in [0.4, 0.5) is 0 Å². The van der Waals surface area contributed by atoms with Gasteiger partial charge in [-0.1, -0.05) is 18.2 Å². The molecule has 2 aromatic rings. The van der Waals surface area contributed by atoms with Gasteiger partial charge >= 0.3 is 5.97 Å². The Hall–Kier alpha value is -2.82. The van der Waals surface area contributed by atoms with E-state index >= 15 is 0 Å². The number of likely N-dealkylation sites (tertiary alicyclic amines) is 1. The second kappa shape index (κ2) is 8.04. The van der Waals surface area contributed by atoms with Gasteiger partial charge in [-0.15, -0.1) is 0 Å². The van der Waals surface area contributed by atoms with E-state index in [4.69, 9.17) is 9.84 Å². The summed E-state index contributed by atoms with van der Waals surface area (Å²) in [4.78, 5) is 25.4. The number of carboxylic acid groups (broad SMARTS) is 1. The van der Waals surface area contributed by atoms with E-state index in [0.717, 1.165) is 38.1 Å². The maximum absolute atomic E-state index is 12.6. The Morgan fingerprint density at radius 2 is 1.65 bits per heavy atom. The van der Waals surface area contributed by atoms with E-state index in [9.17, 15) is 9.59 Å². The quantitative estimate of drug-likeness (QED) is 0.893. The number of carboxylic acids is 1. The fourth-order valence-corrected chi connectivity index (χ4v) is 3.46. The van der Waals surface area contributed by atoms with E-state index in [2.05, 4.69) is 6.07 Å². The molecule has 0 atom stereocenters. The third kappa shape index (κ3) is 4.04. The van der Waals surface area contributed by atoms with Gasteiger partial charge in [-0.3, -0.25) is 4.79 Å². The second-order valence-corrected chi connectivity index (χ2v) is 6.63. The summed E-state index contributed by atoms with van der Waals surface area (Å²) >= 11 is 0. The highest BCUT2D eigenvalue weighted by atomic mass is 16.5. The first kappa shape index (κ1) is 18.0. The number of methoxy groups -OCH3 is 1. The topological polar surface area (TPSA) is 66.8 Å². The zero-order valence-electron chi connectivity index (χ0n) is 14.9. The van der Waals surface area contributed by atoms with Crippen LogP contribution >= 0.6 is 0 Å². The van der Waals surface area contributed by atoms with Crippen LogP contribution in [0.2, 0.25) is 0 Å². The van der Waals surface area contributed by atoms with E-state index < -0.39 is 5.97 Å². The van der Waals surface area contributed by atoms with Crippen molar-refractivity contribution in [2.24, 2.45) is 5.92 Å². The number of carbonyl (C=O) groups is 2. The fourth-order valence-electron chi connectivity index (χ4n) is 3.46. The minimum absolute atomic E-state index is 0.0299. The highest BCUT2D eigenvalue weighted by Gasteiger charge is 2.24. The van der Waals surface area contributed by atoms with Crippen molar-refractivity contribution in [1.29, 1.82) is 0 Å². The predicted octanol–water partition coefficient (Wildman–Crippen LogP) is 3.49. The standard InChI is InChI=1S/C21H23NO4/c1-26-19-5-3-2-4-18(19)14-15-10-12-22(13-11-15)20(23)16-6-8-17(9-7-16)21(24)25/h2-9,15H,10-14H2,1H3,(H,24,25). The summed E-state index contributed by atoms with van der Waals surface area (Å²) in [5, 5.41) is 8.95. The predicted molar refractivity (Wildman–Crippen MR) is 98.7 cm³/mol. The Kier molecular flexibility index (Phi) is 5.56. The van der Waals surface area contributed by atoms with Crippen LogP contribution < -0.4 is 4.74 Å². The molecule has 0 radical (unpaired) electrons. The average Bonchev–Trinajstić information content (AvgIpc) is 2.68. The van der Waals surface area contributed by atoms with Crippen molar-refractivity contribution in [1.82, 2.24) is 4.90 Å². The second-order valence-electron chi connectivity index (χ2n) is 6.63. The maximum Gasteiger partial charge on any atom is 0.335 e. The SMILES string of the molecule is COc1ccccc1CC1CCN(C(=O)c2ccc(C(=O)O)cc2)CC1. The molecule has 5 nitrogen and oxygen atoms in total. The van der Waals surface area contributed by atoms with E-state index in [1.54, 1.807) is 19.2 Å². The third-order valence-electron chi connectivity index (χ3n) is 4.98. The summed E-state index contributed by atoms with van der Waals surface area (Å²) in [6, 6.07) is 14.2. The smallest absolute Gasteiger partial charge is 0.335 e. The molecule has 3 rings (SSSR count). The van der Waals surface area contributed by atoms with Gasteiger partial charge < -0.3 is 14.7 Å². The van der Waals surface area contributed by atoms with Crippen LogP contribution in [-0.2, 0) is 6.42 Å². The van der Waals surface area contributed by atoms with Crippen molar-refractivity contribution >= 4 is 11.9 Å². The zero-order chi connectivity index (χ0) is 18.5. The molecule has 1 aliphatic heterocycles. The van der Waals surface area contributed by atoms with Gasteiger partial charge in [0.05, 0.1) is 12.7 Å². The molecule has 0 bridgehead atoms. The van der Waals surface area contributed by atoms with Gasteiger partial charge in [-0.05, 0) is 61.1 Å². The Balaban J connectivity index is 1.57. The minimum atomic E-state index is -0.985. The van der Waals surface area contributed by atoms with Crippen LogP contribution in [0, 0.1) is 5.92 Å². The van der Waals surface area contributed by atoms with Crippen LogP contribution in [0.5, 0.6) is 5.75 Å². The summed E-state index contributed by atoms with van der Waals surface area (Å²) in [6.45, 7) is 1.44. The molecule has 0 saturated carbocycles. The summed E-state index contributed by atoms with van der Waals surface area (Å²) in [6.07, 6.45) is 2.87. The van der Waals surface area contributed by atoms with Crippen LogP contribution in [0.1, 0.15) is 39.1 Å². The lowest BCUT2D eigenvalue weighted by molar-refractivity contribution is 0.0679. The molecule has 1 amide bonds. The van der Waals surface area contributed by atoms with Crippen LogP contribution in [0.25, 0.3) is 0 Å². The van der Waals surface area contributed by atoms with E-state index in [0.29, 0.717) is 11.5 Å². The number of ether oxygens (including phenoxy) is 1. The third-order valence-corrected chi connectivity index (χ3v) is 4.98. The number of rotatable bonds is 5. The molecule has 5 heteroatoms. The molecule has 1 aliphatic rings. The van der Waals surface area contributed by atoms with Crippen LogP contribution in [0.15, 0.2) is 48.5 Å². The van der Waals surface area contributed by atoms with Crippen LogP contribution in [0.3, 0.4) is 0 Å². The van der Waals surface area contributed by atoms with Gasteiger partial charge in [0.15, 0.2) is 0 Å². The van der Waals surface area contributed by atoms with Gasteiger partial charge in [0.25, 0.3) is 5.91 Å². The monoisotopic (exact) mass is 353 g/mol. The highest BCUT2D eigenvalue weighted by molar-refractivity contribution is 5.95. The van der Waals surface area contributed by atoms with E-state index in [-0.39, 0.29) is 11.5 Å². The molecule has 0 aromatic heterocycles. The number of hydrogen-bond donors (Lipinski definition) is 1. The average molecular weight is 353 g/mol. The van der Waals surface area contributed by atoms with Gasteiger partial charge in [0.1, 0.15) is 5.75 Å². The molecule has 26 heavy (non-hydrogen) atoms. The van der Waals surface area contributed by atoms with Gasteiger partial charge in [-0.25, -0.2) is 4.79 Å². The van der Waals surface area contributed by atoms with E-state index in [1.165, 1.54) is 17.7 Å². The Labute approximate surface area is 153 Å². The largest absolute Gasteiger partial charge is 0.496 e. The summed E-state index contributed by atoms with van der Waals surface area (Å²) < 4.78 is 5.42. The molecule has 2 aromatic carbocycles. The number of para-hydroxylation sites is 1. The number of carbonyl (C=O) groups excluding carboxylic acids is 1. The normalized spacial score (nSPS) is 14.9. The first-order valence-electron chi connectivity index (χ1n) is 8.83. The van der Waals surface area contributed by atoms with Crippen molar-refractivity contribution in [3.8, 4) is 5.75 Å². The molecule has 1 N–H and O–H groups in total. The number of aromatic carboxylic acids is 1. The minimum Gasteiger partial charge on any atom is -0.496 e. The maximum atomic E-state index is 12.6. The molecule has 1 fully saturated rings. The van der Waals surface area contributed by atoms with Crippen molar-refractivity contribution in [3.63, 3.8) is 0 Å². The number of amides is 1. The van der Waals surface area contributed by atoms with Crippen LogP contribution in [-0.4, -0.2) is 42.1 Å². The number of hydrogen-bond acceptors (Lipinski definition) is 3. The number of nitrogens with zero attached hydrogens (tertiary/aromatic N) is 1. The summed E-state index contributed by atoms with van der Waals surface area (Å²) in [7, 11) is 1.69. The lowest BCUT2D eigenvalue weighted by Gasteiger charge is -2.32. The van der Waals surface area contributed by atoms with Crippen molar-refractivity contribution in [3.05, 3.63) is 65.2 Å². The molecule has 1 heterocycles. The zero-order valence-corrected chi connectivity index (χ0v) is 14.9. The number of piperidine rings is 1. The highest BCUT2D eigenvalue weighted by Crippen LogP contribution is 2.27. The molecule has 0 aliphatic carbocycles. The lowest BCUT2D eigenvalue weighted by Crippen LogP contribution is -2.38. The molecule has 0 spiro atoms. The Morgan fingerprint density at radius 3 is 2.27 bits per heavy atom. The first-order valence-corrected chi connectivity index (χ1v) is 8.83. The first-order chi connectivity index (χ1) is 12.6. The fraction of sp³-hybridized carbons (Fsp3) is 0.333. The van der Waals surface area contributed by atoms with Crippen molar-refractivity contribution < 1.29 is 19.4 Å². The molecular formula is C21H23NO4. The van der Waals surface area contributed by atoms with Gasteiger partial charge in [-0.2, -0.15) is 0 Å². The lowest BCUT2D eigenvalue weighted by atomic mass is 9.89. The molecule has 1 saturated heterocycles. The molecule has 136 valence electrons. The number of benzene rings is 2. The summed E-state index contributed by atoms with van der Waals surface area (Å²) in [5.41, 5.74) is 1.94. The Morgan fingerprint density at radius 1 is 1.04 bits per heavy atom. The Bertz CT molecular complexity index is 777. The van der Waals surface area contributed by atoms with Crippen molar-refractivity contribution in [2.75, 3.05) is 20.2 Å². The molecule has 0 unspecified atom stereocenters. The molecular weight excluding hydrogens is 330 g/mol. The summed E-state index contributed by atoms with van der Waals surface area (Å²) in [5.74, 6) is 0.438. The van der Waals surface area contributed by atoms with Crippen molar-refractivity contribution in [2.45, 2.75) is 19.3 Å². The van der Waals surface area contributed by atoms with Gasteiger partial charge in [0, 0.05) is 18.7 Å².